The van der Waals surface area contributed by atoms with Crippen LogP contribution in [0.2, 0.25) is 0 Å². The molecule has 2 aromatic rings. The quantitative estimate of drug-likeness (QED) is 0.838. The van der Waals surface area contributed by atoms with Crippen molar-refractivity contribution >= 4 is 33.4 Å². The molecular formula is C15H20BrN5. The number of aromatic nitrogens is 2. The molecule has 2 rings (SSSR count). The normalized spacial score (nSPS) is 10.7. The topological polar surface area (TPSA) is 53.1 Å². The summed E-state index contributed by atoms with van der Waals surface area (Å²) in [7, 11) is 4.09. The smallest absolute Gasteiger partial charge is 0.229 e. The van der Waals surface area contributed by atoms with Crippen molar-refractivity contribution in [2.45, 2.75) is 6.92 Å². The highest BCUT2D eigenvalue weighted by molar-refractivity contribution is 9.10. The highest BCUT2D eigenvalue weighted by Crippen LogP contribution is 2.22. The first-order chi connectivity index (χ1) is 10.0. The summed E-state index contributed by atoms with van der Waals surface area (Å²) in [5, 5.41) is 6.53. The summed E-state index contributed by atoms with van der Waals surface area (Å²) in [6.45, 7) is 3.85. The van der Waals surface area contributed by atoms with Crippen LogP contribution in [0.3, 0.4) is 0 Å². The molecule has 1 heterocycles. The van der Waals surface area contributed by atoms with Crippen molar-refractivity contribution in [1.82, 2.24) is 14.9 Å². The predicted octanol–water partition coefficient (Wildman–Crippen LogP) is 3.26. The Morgan fingerprint density at radius 3 is 2.76 bits per heavy atom. The SMILES string of the molecule is Cc1cc(Br)ccc1Nc1nccc(NCCN(C)C)n1. The van der Waals surface area contributed by atoms with Crippen LogP contribution in [0.15, 0.2) is 34.9 Å². The van der Waals surface area contributed by atoms with Crippen molar-refractivity contribution in [2.24, 2.45) is 0 Å². The minimum absolute atomic E-state index is 0.593. The van der Waals surface area contributed by atoms with Crippen LogP contribution in [0.25, 0.3) is 0 Å². The van der Waals surface area contributed by atoms with Gasteiger partial charge in [0.05, 0.1) is 0 Å². The van der Waals surface area contributed by atoms with E-state index in [1.54, 1.807) is 6.20 Å². The lowest BCUT2D eigenvalue weighted by Crippen LogP contribution is -2.21. The molecule has 1 aromatic heterocycles. The van der Waals surface area contributed by atoms with E-state index in [1.807, 2.05) is 39.2 Å². The fraction of sp³-hybridized carbons (Fsp3) is 0.333. The Bertz CT molecular complexity index is 600. The van der Waals surface area contributed by atoms with Gasteiger partial charge in [-0.2, -0.15) is 4.98 Å². The number of hydrogen-bond acceptors (Lipinski definition) is 5. The molecule has 6 heteroatoms. The molecule has 0 spiro atoms. The Kier molecular flexibility index (Phi) is 5.52. The minimum atomic E-state index is 0.593. The van der Waals surface area contributed by atoms with Gasteiger partial charge in [-0.1, -0.05) is 15.9 Å². The van der Waals surface area contributed by atoms with Crippen molar-refractivity contribution in [3.8, 4) is 0 Å². The average Bonchev–Trinajstić information content (AvgIpc) is 2.42. The van der Waals surface area contributed by atoms with Gasteiger partial charge in [0.15, 0.2) is 0 Å². The van der Waals surface area contributed by atoms with Crippen molar-refractivity contribution in [3.63, 3.8) is 0 Å². The number of nitrogens with zero attached hydrogens (tertiary/aromatic N) is 3. The highest BCUT2D eigenvalue weighted by atomic mass is 79.9. The zero-order chi connectivity index (χ0) is 15.2. The van der Waals surface area contributed by atoms with E-state index in [4.69, 9.17) is 0 Å². The maximum absolute atomic E-state index is 4.46. The number of anilines is 3. The molecule has 0 radical (unpaired) electrons. The predicted molar refractivity (Wildman–Crippen MR) is 91.2 cm³/mol. The number of benzene rings is 1. The number of rotatable bonds is 6. The third-order valence-electron chi connectivity index (χ3n) is 2.96. The zero-order valence-corrected chi connectivity index (χ0v) is 14.1. The second kappa shape index (κ2) is 7.38. The van der Waals surface area contributed by atoms with Crippen LogP contribution in [0.1, 0.15) is 5.56 Å². The third kappa shape index (κ3) is 4.99. The fourth-order valence-corrected chi connectivity index (χ4v) is 2.29. The lowest BCUT2D eigenvalue weighted by atomic mass is 10.2. The number of likely N-dealkylation sites (N-methyl/N-ethyl adjacent to an activating group) is 1. The van der Waals surface area contributed by atoms with Gasteiger partial charge in [0.2, 0.25) is 5.95 Å². The van der Waals surface area contributed by atoms with Gasteiger partial charge in [-0.3, -0.25) is 0 Å². The molecule has 0 saturated heterocycles. The van der Waals surface area contributed by atoms with E-state index in [0.29, 0.717) is 5.95 Å². The largest absolute Gasteiger partial charge is 0.369 e. The fourth-order valence-electron chi connectivity index (χ4n) is 1.81. The summed E-state index contributed by atoms with van der Waals surface area (Å²) in [5.74, 6) is 1.42. The maximum Gasteiger partial charge on any atom is 0.229 e. The van der Waals surface area contributed by atoms with Gasteiger partial charge in [-0.15, -0.1) is 0 Å². The molecule has 2 N–H and O–H groups in total. The molecule has 0 atom stereocenters. The monoisotopic (exact) mass is 349 g/mol. The van der Waals surface area contributed by atoms with Crippen molar-refractivity contribution in [3.05, 3.63) is 40.5 Å². The van der Waals surface area contributed by atoms with Gasteiger partial charge in [0, 0.05) is 29.4 Å². The molecule has 0 aliphatic heterocycles. The van der Waals surface area contributed by atoms with Gasteiger partial charge in [-0.05, 0) is 50.8 Å². The van der Waals surface area contributed by atoms with E-state index < -0.39 is 0 Å². The van der Waals surface area contributed by atoms with Gasteiger partial charge < -0.3 is 15.5 Å². The Hall–Kier alpha value is -1.66. The van der Waals surface area contributed by atoms with Crippen LogP contribution < -0.4 is 10.6 Å². The maximum atomic E-state index is 4.46. The molecule has 0 saturated carbocycles. The van der Waals surface area contributed by atoms with E-state index in [2.05, 4.69) is 47.5 Å². The lowest BCUT2D eigenvalue weighted by Gasteiger charge is -2.12. The molecular weight excluding hydrogens is 330 g/mol. The van der Waals surface area contributed by atoms with Crippen molar-refractivity contribution < 1.29 is 0 Å². The summed E-state index contributed by atoms with van der Waals surface area (Å²) in [4.78, 5) is 10.8. The highest BCUT2D eigenvalue weighted by Gasteiger charge is 2.03. The Morgan fingerprint density at radius 1 is 1.24 bits per heavy atom. The molecule has 0 amide bonds. The molecule has 0 fully saturated rings. The summed E-state index contributed by atoms with van der Waals surface area (Å²) < 4.78 is 1.06. The van der Waals surface area contributed by atoms with E-state index in [1.165, 1.54) is 0 Å². The Morgan fingerprint density at radius 2 is 2.05 bits per heavy atom. The molecule has 1 aromatic carbocycles. The molecule has 5 nitrogen and oxygen atoms in total. The van der Waals surface area contributed by atoms with Crippen molar-refractivity contribution in [2.75, 3.05) is 37.8 Å². The van der Waals surface area contributed by atoms with E-state index in [0.717, 1.165) is 34.6 Å². The van der Waals surface area contributed by atoms with Crippen LogP contribution in [0.5, 0.6) is 0 Å². The lowest BCUT2D eigenvalue weighted by molar-refractivity contribution is 0.425. The average molecular weight is 350 g/mol. The van der Waals surface area contributed by atoms with E-state index >= 15 is 0 Å². The molecule has 112 valence electrons. The number of aryl methyl sites for hydroxylation is 1. The first-order valence-electron chi connectivity index (χ1n) is 6.79. The van der Waals surface area contributed by atoms with E-state index in [-0.39, 0.29) is 0 Å². The van der Waals surface area contributed by atoms with Gasteiger partial charge in [-0.25, -0.2) is 4.98 Å². The van der Waals surface area contributed by atoms with Crippen LogP contribution in [-0.4, -0.2) is 42.1 Å². The molecule has 0 unspecified atom stereocenters. The van der Waals surface area contributed by atoms with E-state index in [9.17, 15) is 0 Å². The minimum Gasteiger partial charge on any atom is -0.369 e. The Balaban J connectivity index is 2.03. The summed E-state index contributed by atoms with van der Waals surface area (Å²) in [6.07, 6.45) is 1.75. The van der Waals surface area contributed by atoms with Gasteiger partial charge in [0.25, 0.3) is 0 Å². The number of halogens is 1. The summed E-state index contributed by atoms with van der Waals surface area (Å²) in [5.41, 5.74) is 2.14. The molecule has 0 aliphatic carbocycles. The zero-order valence-electron chi connectivity index (χ0n) is 12.5. The summed E-state index contributed by atoms with van der Waals surface area (Å²) >= 11 is 3.46. The number of hydrogen-bond donors (Lipinski definition) is 2. The van der Waals surface area contributed by atoms with Crippen LogP contribution in [-0.2, 0) is 0 Å². The first kappa shape index (κ1) is 15.7. The van der Waals surface area contributed by atoms with Gasteiger partial charge in [0.1, 0.15) is 5.82 Å². The van der Waals surface area contributed by atoms with Crippen LogP contribution in [0.4, 0.5) is 17.5 Å². The molecule has 0 bridgehead atoms. The standard InChI is InChI=1S/C15H20BrN5/c1-11-10-12(16)4-5-13(11)19-15-18-7-6-14(20-15)17-8-9-21(2)3/h4-7,10H,8-9H2,1-3H3,(H2,17,18,19,20). The second-order valence-corrected chi connectivity index (χ2v) is 6.00. The second-order valence-electron chi connectivity index (χ2n) is 5.08. The van der Waals surface area contributed by atoms with Gasteiger partial charge >= 0.3 is 0 Å². The number of nitrogens with one attached hydrogen (secondary N) is 2. The van der Waals surface area contributed by atoms with Crippen LogP contribution in [0, 0.1) is 6.92 Å². The van der Waals surface area contributed by atoms with Crippen LogP contribution >= 0.6 is 15.9 Å². The molecule has 21 heavy (non-hydrogen) atoms. The first-order valence-corrected chi connectivity index (χ1v) is 7.59. The summed E-state index contributed by atoms with van der Waals surface area (Å²) in [6, 6.07) is 7.93. The molecule has 0 aliphatic rings. The van der Waals surface area contributed by atoms with Crippen molar-refractivity contribution in [1.29, 1.82) is 0 Å². The third-order valence-corrected chi connectivity index (χ3v) is 3.45. The Labute approximate surface area is 133 Å².